The summed E-state index contributed by atoms with van der Waals surface area (Å²) in [6, 6.07) is 8.49. The van der Waals surface area contributed by atoms with E-state index in [1.807, 2.05) is 14.1 Å². The Balaban J connectivity index is 2.13. The van der Waals surface area contributed by atoms with Gasteiger partial charge < -0.3 is 10.6 Å². The quantitative estimate of drug-likeness (QED) is 0.900. The number of rotatable bonds is 5. The molecule has 0 aliphatic rings. The van der Waals surface area contributed by atoms with Gasteiger partial charge in [-0.25, -0.2) is 4.98 Å². The molecule has 0 amide bonds. The Morgan fingerprint density at radius 2 is 1.94 bits per heavy atom. The van der Waals surface area contributed by atoms with E-state index in [2.05, 4.69) is 39.5 Å². The highest BCUT2D eigenvalue weighted by molar-refractivity contribution is 7.13. The highest BCUT2D eigenvalue weighted by atomic mass is 32.1. The van der Waals surface area contributed by atoms with Gasteiger partial charge in [0.25, 0.3) is 0 Å². The zero-order valence-corrected chi connectivity index (χ0v) is 11.7. The number of hydrogen-bond donors (Lipinski definition) is 1. The molecule has 0 aliphatic heterocycles. The molecular formula is C14H19N3S. The van der Waals surface area contributed by atoms with Crippen LogP contribution in [0.25, 0.3) is 10.6 Å². The summed E-state index contributed by atoms with van der Waals surface area (Å²) in [6.07, 6.45) is 1.98. The Morgan fingerprint density at radius 1 is 1.22 bits per heavy atom. The van der Waals surface area contributed by atoms with Crippen molar-refractivity contribution >= 4 is 17.0 Å². The second kappa shape index (κ2) is 5.98. The number of nitrogens with two attached hydrogens (primary N) is 1. The lowest BCUT2D eigenvalue weighted by Crippen LogP contribution is -2.07. The summed E-state index contributed by atoms with van der Waals surface area (Å²) < 4.78 is 0. The topological polar surface area (TPSA) is 42.2 Å². The van der Waals surface area contributed by atoms with Crippen LogP contribution in [0.1, 0.15) is 12.1 Å². The fourth-order valence-corrected chi connectivity index (χ4v) is 2.60. The Kier molecular flexibility index (Phi) is 4.33. The number of thiazole rings is 1. The van der Waals surface area contributed by atoms with E-state index in [9.17, 15) is 0 Å². The molecule has 0 fully saturated rings. The zero-order chi connectivity index (χ0) is 13.0. The minimum Gasteiger partial charge on any atom is -0.378 e. The van der Waals surface area contributed by atoms with Gasteiger partial charge in [0.15, 0.2) is 0 Å². The minimum atomic E-state index is 0.727. The Bertz CT molecular complexity index is 488. The summed E-state index contributed by atoms with van der Waals surface area (Å²) >= 11 is 1.70. The van der Waals surface area contributed by atoms with Crippen molar-refractivity contribution in [3.63, 3.8) is 0 Å². The zero-order valence-electron chi connectivity index (χ0n) is 10.9. The van der Waals surface area contributed by atoms with Crippen molar-refractivity contribution in [2.75, 3.05) is 25.5 Å². The molecule has 0 spiro atoms. The fraction of sp³-hybridized carbons (Fsp3) is 0.357. The number of aromatic nitrogens is 1. The normalized spacial score (nSPS) is 10.6. The second-order valence-electron chi connectivity index (χ2n) is 4.48. The summed E-state index contributed by atoms with van der Waals surface area (Å²) in [5, 5.41) is 3.22. The van der Waals surface area contributed by atoms with Crippen LogP contribution in [0.15, 0.2) is 29.6 Å². The summed E-state index contributed by atoms with van der Waals surface area (Å²) in [5.41, 5.74) is 9.05. The third kappa shape index (κ3) is 3.09. The van der Waals surface area contributed by atoms with Crippen LogP contribution < -0.4 is 10.6 Å². The molecule has 2 aromatic rings. The van der Waals surface area contributed by atoms with Crippen molar-refractivity contribution in [1.82, 2.24) is 4.98 Å². The van der Waals surface area contributed by atoms with Gasteiger partial charge in [0.05, 0.1) is 5.69 Å². The molecular weight excluding hydrogens is 242 g/mol. The maximum Gasteiger partial charge on any atom is 0.123 e. The first-order chi connectivity index (χ1) is 8.70. The van der Waals surface area contributed by atoms with Crippen LogP contribution in [0.4, 0.5) is 5.69 Å². The van der Waals surface area contributed by atoms with Gasteiger partial charge in [0.1, 0.15) is 5.01 Å². The van der Waals surface area contributed by atoms with Gasteiger partial charge in [-0.1, -0.05) is 0 Å². The van der Waals surface area contributed by atoms with Crippen molar-refractivity contribution in [1.29, 1.82) is 0 Å². The highest BCUT2D eigenvalue weighted by Gasteiger charge is 2.05. The Morgan fingerprint density at radius 3 is 2.56 bits per heavy atom. The summed E-state index contributed by atoms with van der Waals surface area (Å²) in [4.78, 5) is 6.74. The molecule has 18 heavy (non-hydrogen) atoms. The number of nitrogens with zero attached hydrogens (tertiary/aromatic N) is 2. The Hall–Kier alpha value is -1.39. The highest BCUT2D eigenvalue weighted by Crippen LogP contribution is 2.26. The van der Waals surface area contributed by atoms with Crippen LogP contribution in [-0.4, -0.2) is 25.6 Å². The third-order valence-corrected chi connectivity index (χ3v) is 3.76. The first kappa shape index (κ1) is 13.1. The second-order valence-corrected chi connectivity index (χ2v) is 5.34. The van der Waals surface area contributed by atoms with Gasteiger partial charge >= 0.3 is 0 Å². The van der Waals surface area contributed by atoms with E-state index in [0.29, 0.717) is 0 Å². The lowest BCUT2D eigenvalue weighted by molar-refractivity contribution is 0.816. The molecule has 1 aromatic heterocycles. The molecule has 0 aliphatic carbocycles. The molecule has 2 N–H and O–H groups in total. The van der Waals surface area contributed by atoms with Crippen molar-refractivity contribution < 1.29 is 0 Å². The standard InChI is InChI=1S/C14H19N3S/c1-17(2)13-7-5-11(6-8-13)14-16-12(10-18-14)4-3-9-15/h5-8,10H,3-4,9,15H2,1-2H3. The number of anilines is 1. The van der Waals surface area contributed by atoms with E-state index in [4.69, 9.17) is 5.73 Å². The average molecular weight is 261 g/mol. The predicted octanol–water partition coefficient (Wildman–Crippen LogP) is 2.77. The fourth-order valence-electron chi connectivity index (χ4n) is 1.74. The third-order valence-electron chi connectivity index (χ3n) is 2.82. The molecule has 1 heterocycles. The molecule has 0 saturated heterocycles. The molecule has 3 nitrogen and oxygen atoms in total. The van der Waals surface area contributed by atoms with Crippen molar-refractivity contribution in [2.24, 2.45) is 5.73 Å². The minimum absolute atomic E-state index is 0.727. The molecule has 1 aromatic carbocycles. The largest absolute Gasteiger partial charge is 0.378 e. The number of aryl methyl sites for hydroxylation is 1. The summed E-state index contributed by atoms with van der Waals surface area (Å²) in [7, 11) is 4.09. The lowest BCUT2D eigenvalue weighted by Gasteiger charge is -2.11. The van der Waals surface area contributed by atoms with E-state index in [1.54, 1.807) is 11.3 Å². The molecule has 96 valence electrons. The first-order valence-corrected chi connectivity index (χ1v) is 7.01. The Labute approximate surface area is 112 Å². The summed E-state index contributed by atoms with van der Waals surface area (Å²) in [5.74, 6) is 0. The molecule has 0 unspecified atom stereocenters. The first-order valence-electron chi connectivity index (χ1n) is 6.13. The van der Waals surface area contributed by atoms with Crippen molar-refractivity contribution in [2.45, 2.75) is 12.8 Å². The van der Waals surface area contributed by atoms with Crippen molar-refractivity contribution in [3.8, 4) is 10.6 Å². The molecule has 0 saturated carbocycles. The smallest absolute Gasteiger partial charge is 0.123 e. The SMILES string of the molecule is CN(C)c1ccc(-c2nc(CCCN)cs2)cc1. The molecule has 0 atom stereocenters. The monoisotopic (exact) mass is 261 g/mol. The van der Waals surface area contributed by atoms with E-state index in [1.165, 1.54) is 11.3 Å². The van der Waals surface area contributed by atoms with Crippen LogP contribution in [0.3, 0.4) is 0 Å². The van der Waals surface area contributed by atoms with Crippen LogP contribution >= 0.6 is 11.3 Å². The van der Waals surface area contributed by atoms with Crippen molar-refractivity contribution in [3.05, 3.63) is 35.3 Å². The van der Waals surface area contributed by atoms with Gasteiger partial charge in [0.2, 0.25) is 0 Å². The van der Waals surface area contributed by atoms with E-state index >= 15 is 0 Å². The number of hydrogen-bond acceptors (Lipinski definition) is 4. The van der Waals surface area contributed by atoms with Gasteiger partial charge in [0, 0.05) is 30.7 Å². The maximum absolute atomic E-state index is 5.51. The van der Waals surface area contributed by atoms with Crippen LogP contribution in [0.2, 0.25) is 0 Å². The molecule has 4 heteroatoms. The lowest BCUT2D eigenvalue weighted by atomic mass is 10.2. The number of benzene rings is 1. The van der Waals surface area contributed by atoms with E-state index in [0.717, 1.165) is 30.1 Å². The van der Waals surface area contributed by atoms with Gasteiger partial charge in [-0.15, -0.1) is 11.3 Å². The predicted molar refractivity (Wildman–Crippen MR) is 79.3 cm³/mol. The van der Waals surface area contributed by atoms with E-state index < -0.39 is 0 Å². The van der Waals surface area contributed by atoms with Gasteiger partial charge in [-0.3, -0.25) is 0 Å². The summed E-state index contributed by atoms with van der Waals surface area (Å²) in [6.45, 7) is 0.727. The van der Waals surface area contributed by atoms with Gasteiger partial charge in [-0.05, 0) is 43.7 Å². The molecule has 2 rings (SSSR count). The average Bonchev–Trinajstić information content (AvgIpc) is 2.85. The molecule has 0 bridgehead atoms. The molecule has 0 radical (unpaired) electrons. The van der Waals surface area contributed by atoms with Gasteiger partial charge in [-0.2, -0.15) is 0 Å². The van der Waals surface area contributed by atoms with E-state index in [-0.39, 0.29) is 0 Å². The van der Waals surface area contributed by atoms with Crippen LogP contribution in [0, 0.1) is 0 Å². The van der Waals surface area contributed by atoms with Crippen LogP contribution in [0.5, 0.6) is 0 Å². The van der Waals surface area contributed by atoms with Crippen LogP contribution in [-0.2, 0) is 6.42 Å². The maximum atomic E-state index is 5.51.